The van der Waals surface area contributed by atoms with E-state index in [0.29, 0.717) is 4.90 Å². The number of carbonyl (C=O) groups excluding carboxylic acids is 2. The highest BCUT2D eigenvalue weighted by Gasteiger charge is 2.41. The first kappa shape index (κ1) is 14.0. The number of phenols is 1. The van der Waals surface area contributed by atoms with Gasteiger partial charge >= 0.3 is 12.1 Å². The van der Waals surface area contributed by atoms with E-state index in [9.17, 15) is 22.8 Å². The van der Waals surface area contributed by atoms with E-state index in [4.69, 9.17) is 5.11 Å². The standard InChI is InChI=1S/C11H10F3NO3/c1-15(10(18)11(12,13)14)6-9(17)7-2-4-8(16)5-3-7/h2-5,16H,6H2,1H3. The molecule has 0 fully saturated rings. The Morgan fingerprint density at radius 2 is 1.72 bits per heavy atom. The maximum Gasteiger partial charge on any atom is 0.471 e. The first-order valence-electron chi connectivity index (χ1n) is 4.86. The van der Waals surface area contributed by atoms with E-state index in [1.54, 1.807) is 0 Å². The fourth-order valence-corrected chi connectivity index (χ4v) is 1.24. The Hall–Kier alpha value is -2.05. The monoisotopic (exact) mass is 261 g/mol. The van der Waals surface area contributed by atoms with Crippen molar-refractivity contribution in [2.75, 3.05) is 13.6 Å². The van der Waals surface area contributed by atoms with Crippen LogP contribution in [0.4, 0.5) is 13.2 Å². The summed E-state index contributed by atoms with van der Waals surface area (Å²) in [5.41, 5.74) is 0.120. The fraction of sp³-hybridized carbons (Fsp3) is 0.273. The number of halogens is 3. The minimum absolute atomic E-state index is 0.0636. The third-order valence-electron chi connectivity index (χ3n) is 2.16. The highest BCUT2D eigenvalue weighted by molar-refractivity contribution is 5.99. The third-order valence-corrected chi connectivity index (χ3v) is 2.16. The van der Waals surface area contributed by atoms with Crippen LogP contribution in [-0.4, -0.2) is 41.5 Å². The van der Waals surface area contributed by atoms with Gasteiger partial charge in [0.25, 0.3) is 0 Å². The fourth-order valence-electron chi connectivity index (χ4n) is 1.24. The molecule has 1 aromatic carbocycles. The van der Waals surface area contributed by atoms with Crippen molar-refractivity contribution in [3.63, 3.8) is 0 Å². The van der Waals surface area contributed by atoms with Gasteiger partial charge in [-0.15, -0.1) is 0 Å². The number of nitrogens with zero attached hydrogens (tertiary/aromatic N) is 1. The maximum atomic E-state index is 12.1. The van der Waals surface area contributed by atoms with E-state index in [1.807, 2.05) is 0 Å². The Labute approximate surface area is 101 Å². The second kappa shape index (κ2) is 5.07. The van der Waals surface area contributed by atoms with E-state index < -0.39 is 24.4 Å². The van der Waals surface area contributed by atoms with Crippen molar-refractivity contribution in [2.24, 2.45) is 0 Å². The average molecular weight is 261 g/mol. The second-order valence-electron chi connectivity index (χ2n) is 3.63. The van der Waals surface area contributed by atoms with Gasteiger partial charge in [-0.1, -0.05) is 0 Å². The van der Waals surface area contributed by atoms with Crippen LogP contribution in [0.15, 0.2) is 24.3 Å². The van der Waals surface area contributed by atoms with Gasteiger partial charge in [0.15, 0.2) is 5.78 Å². The number of alkyl halides is 3. The quantitative estimate of drug-likeness (QED) is 0.841. The van der Waals surface area contributed by atoms with E-state index in [0.717, 1.165) is 7.05 Å². The summed E-state index contributed by atoms with van der Waals surface area (Å²) in [5.74, 6) is -2.78. The molecule has 0 atom stereocenters. The van der Waals surface area contributed by atoms with Gasteiger partial charge in [-0.25, -0.2) is 0 Å². The predicted octanol–water partition coefficient (Wildman–Crippen LogP) is 1.60. The van der Waals surface area contributed by atoms with Gasteiger partial charge in [0, 0.05) is 12.6 Å². The van der Waals surface area contributed by atoms with Gasteiger partial charge < -0.3 is 10.0 Å². The van der Waals surface area contributed by atoms with E-state index in [2.05, 4.69) is 0 Å². The van der Waals surface area contributed by atoms with Crippen LogP contribution in [0.2, 0.25) is 0 Å². The lowest BCUT2D eigenvalue weighted by Crippen LogP contribution is -2.41. The molecule has 0 spiro atoms. The third kappa shape index (κ3) is 3.47. The summed E-state index contributed by atoms with van der Waals surface area (Å²) in [6.45, 7) is -0.677. The van der Waals surface area contributed by atoms with Crippen LogP contribution < -0.4 is 0 Å². The molecular weight excluding hydrogens is 251 g/mol. The molecule has 1 amide bonds. The number of likely N-dealkylation sites (N-methyl/N-ethyl adjacent to an activating group) is 1. The summed E-state index contributed by atoms with van der Waals surface area (Å²) in [4.78, 5) is 22.6. The van der Waals surface area contributed by atoms with Gasteiger partial charge in [0.1, 0.15) is 5.75 Å². The topological polar surface area (TPSA) is 57.6 Å². The maximum absolute atomic E-state index is 12.1. The second-order valence-corrected chi connectivity index (χ2v) is 3.63. The lowest BCUT2D eigenvalue weighted by Gasteiger charge is -2.17. The molecule has 0 saturated carbocycles. The normalized spacial score (nSPS) is 11.1. The average Bonchev–Trinajstić information content (AvgIpc) is 2.27. The molecule has 0 aliphatic rings. The van der Waals surface area contributed by atoms with Crippen molar-refractivity contribution in [1.82, 2.24) is 4.90 Å². The molecule has 7 heteroatoms. The minimum Gasteiger partial charge on any atom is -0.508 e. The molecule has 4 nitrogen and oxygen atoms in total. The molecule has 0 saturated heterocycles. The van der Waals surface area contributed by atoms with Gasteiger partial charge in [-0.05, 0) is 24.3 Å². The Balaban J connectivity index is 2.71. The first-order chi connectivity index (χ1) is 8.21. The van der Waals surface area contributed by atoms with Crippen molar-refractivity contribution in [3.8, 4) is 5.75 Å². The van der Waals surface area contributed by atoms with Gasteiger partial charge in [-0.2, -0.15) is 13.2 Å². The van der Waals surface area contributed by atoms with E-state index >= 15 is 0 Å². The Morgan fingerprint density at radius 3 is 2.17 bits per heavy atom. The molecule has 1 aromatic rings. The number of hydrogen-bond donors (Lipinski definition) is 1. The van der Waals surface area contributed by atoms with Crippen molar-refractivity contribution in [2.45, 2.75) is 6.18 Å². The number of hydrogen-bond acceptors (Lipinski definition) is 3. The Kier molecular flexibility index (Phi) is 3.95. The highest BCUT2D eigenvalue weighted by atomic mass is 19.4. The zero-order chi connectivity index (χ0) is 13.9. The number of carbonyl (C=O) groups is 2. The number of ketones is 1. The van der Waals surface area contributed by atoms with Crippen LogP contribution in [-0.2, 0) is 4.79 Å². The molecule has 0 bridgehead atoms. The van der Waals surface area contributed by atoms with Gasteiger partial charge in [0.05, 0.1) is 6.54 Å². The van der Waals surface area contributed by atoms with Crippen molar-refractivity contribution in [1.29, 1.82) is 0 Å². The largest absolute Gasteiger partial charge is 0.508 e. The summed E-state index contributed by atoms with van der Waals surface area (Å²) in [5, 5.41) is 8.99. The molecular formula is C11H10F3NO3. The zero-order valence-electron chi connectivity index (χ0n) is 9.36. The van der Waals surface area contributed by atoms with E-state index in [1.165, 1.54) is 24.3 Å². The molecule has 0 heterocycles. The van der Waals surface area contributed by atoms with Crippen molar-refractivity contribution < 1.29 is 27.9 Å². The number of Topliss-reactive ketones (excluding diaryl/α,β-unsaturated/α-hetero) is 1. The molecule has 98 valence electrons. The number of aromatic hydroxyl groups is 1. The SMILES string of the molecule is CN(CC(=O)c1ccc(O)cc1)C(=O)C(F)(F)F. The number of benzene rings is 1. The molecule has 18 heavy (non-hydrogen) atoms. The first-order valence-corrected chi connectivity index (χ1v) is 4.86. The van der Waals surface area contributed by atoms with Gasteiger partial charge in [-0.3, -0.25) is 9.59 Å². The molecule has 0 radical (unpaired) electrons. The van der Waals surface area contributed by atoms with Crippen LogP contribution in [0, 0.1) is 0 Å². The van der Waals surface area contributed by atoms with Crippen LogP contribution in [0.1, 0.15) is 10.4 Å². The Bertz CT molecular complexity index is 454. The lowest BCUT2D eigenvalue weighted by atomic mass is 10.1. The summed E-state index contributed by atoms with van der Waals surface area (Å²) >= 11 is 0. The molecule has 0 aliphatic carbocycles. The molecule has 1 N–H and O–H groups in total. The molecule has 0 aromatic heterocycles. The van der Waals surface area contributed by atoms with Gasteiger partial charge in [0.2, 0.25) is 0 Å². The molecule has 0 unspecified atom stereocenters. The minimum atomic E-state index is -5.00. The van der Waals surface area contributed by atoms with Crippen LogP contribution in [0.25, 0.3) is 0 Å². The zero-order valence-corrected chi connectivity index (χ0v) is 9.36. The van der Waals surface area contributed by atoms with Crippen molar-refractivity contribution >= 4 is 11.7 Å². The van der Waals surface area contributed by atoms with Crippen molar-refractivity contribution in [3.05, 3.63) is 29.8 Å². The lowest BCUT2D eigenvalue weighted by molar-refractivity contribution is -0.183. The number of amides is 1. The number of rotatable bonds is 3. The molecule has 0 aliphatic heterocycles. The van der Waals surface area contributed by atoms with Crippen LogP contribution in [0.3, 0.4) is 0 Å². The summed E-state index contributed by atoms with van der Waals surface area (Å²) in [7, 11) is 0.897. The summed E-state index contributed by atoms with van der Waals surface area (Å²) in [6, 6.07) is 5.00. The predicted molar refractivity (Wildman–Crippen MR) is 56.1 cm³/mol. The number of phenolic OH excluding ortho intramolecular Hbond substituents is 1. The van der Waals surface area contributed by atoms with E-state index in [-0.39, 0.29) is 11.3 Å². The summed E-state index contributed by atoms with van der Waals surface area (Å²) in [6.07, 6.45) is -5.00. The van der Waals surface area contributed by atoms with Crippen LogP contribution in [0.5, 0.6) is 5.75 Å². The van der Waals surface area contributed by atoms with Crippen LogP contribution >= 0.6 is 0 Å². The Morgan fingerprint density at radius 1 is 1.22 bits per heavy atom. The summed E-state index contributed by atoms with van der Waals surface area (Å²) < 4.78 is 36.2. The smallest absolute Gasteiger partial charge is 0.471 e. The molecule has 1 rings (SSSR count). The highest BCUT2D eigenvalue weighted by Crippen LogP contribution is 2.18.